The van der Waals surface area contributed by atoms with Gasteiger partial charge < -0.3 is 14.8 Å². The number of rotatable bonds is 5. The second-order valence-electron chi connectivity index (χ2n) is 5.03. The van der Waals surface area contributed by atoms with Crippen molar-refractivity contribution in [3.63, 3.8) is 0 Å². The molecule has 2 unspecified atom stereocenters. The zero-order chi connectivity index (χ0) is 13.7. The number of benzene rings is 1. The van der Waals surface area contributed by atoms with Crippen LogP contribution in [-0.2, 0) is 9.47 Å². The Labute approximate surface area is 114 Å². The van der Waals surface area contributed by atoms with Crippen molar-refractivity contribution in [2.75, 3.05) is 26.9 Å². The maximum Gasteiger partial charge on any atom is 0.106 e. The number of nitriles is 1. The van der Waals surface area contributed by atoms with E-state index in [0.717, 1.165) is 19.6 Å². The standard InChI is InChI=1S/C15H20N2O2/c1-12(14-5-3-13(9-16)4-6-14)17-10-15(18-2)7-8-19-11-15/h3-6,12,17H,7-8,10-11H2,1-2H3. The van der Waals surface area contributed by atoms with Crippen LogP contribution in [0.25, 0.3) is 0 Å². The summed E-state index contributed by atoms with van der Waals surface area (Å²) in [5.74, 6) is 0. The molecule has 19 heavy (non-hydrogen) atoms. The first kappa shape index (κ1) is 14.0. The largest absolute Gasteiger partial charge is 0.378 e. The average Bonchev–Trinajstić information content (AvgIpc) is 2.94. The fourth-order valence-corrected chi connectivity index (χ4v) is 2.26. The predicted octanol–water partition coefficient (Wildman–Crippen LogP) is 2.01. The molecule has 0 saturated carbocycles. The maximum absolute atomic E-state index is 8.78. The van der Waals surface area contributed by atoms with Crippen LogP contribution in [0.1, 0.15) is 30.5 Å². The van der Waals surface area contributed by atoms with Gasteiger partial charge in [-0.05, 0) is 24.6 Å². The van der Waals surface area contributed by atoms with Crippen molar-refractivity contribution in [2.24, 2.45) is 0 Å². The van der Waals surface area contributed by atoms with E-state index in [1.807, 2.05) is 24.3 Å². The van der Waals surface area contributed by atoms with Crippen LogP contribution in [0.4, 0.5) is 0 Å². The molecule has 2 rings (SSSR count). The molecule has 1 N–H and O–H groups in total. The van der Waals surface area contributed by atoms with E-state index in [1.54, 1.807) is 7.11 Å². The molecule has 1 heterocycles. The molecule has 0 aromatic heterocycles. The van der Waals surface area contributed by atoms with E-state index < -0.39 is 0 Å². The molecule has 1 aromatic rings. The fraction of sp³-hybridized carbons (Fsp3) is 0.533. The smallest absolute Gasteiger partial charge is 0.106 e. The Morgan fingerprint density at radius 2 is 2.21 bits per heavy atom. The lowest BCUT2D eigenvalue weighted by Gasteiger charge is -2.28. The summed E-state index contributed by atoms with van der Waals surface area (Å²) in [6.45, 7) is 4.29. The first-order chi connectivity index (χ1) is 9.19. The second kappa shape index (κ2) is 6.16. The third kappa shape index (κ3) is 3.32. The van der Waals surface area contributed by atoms with Gasteiger partial charge in [0.2, 0.25) is 0 Å². The SMILES string of the molecule is COC1(CNC(C)c2ccc(C#N)cc2)CCOC1. The lowest BCUT2D eigenvalue weighted by Crippen LogP contribution is -2.43. The number of nitrogens with one attached hydrogen (secondary N) is 1. The fourth-order valence-electron chi connectivity index (χ4n) is 2.26. The van der Waals surface area contributed by atoms with Gasteiger partial charge in [0.05, 0.1) is 18.2 Å². The minimum atomic E-state index is -0.194. The summed E-state index contributed by atoms with van der Waals surface area (Å²) in [5.41, 5.74) is 1.67. The zero-order valence-corrected chi connectivity index (χ0v) is 11.5. The molecule has 0 aliphatic carbocycles. The summed E-state index contributed by atoms with van der Waals surface area (Å²) < 4.78 is 11.0. The van der Waals surface area contributed by atoms with Gasteiger partial charge in [-0.3, -0.25) is 0 Å². The molecule has 0 bridgehead atoms. The first-order valence-electron chi connectivity index (χ1n) is 6.55. The van der Waals surface area contributed by atoms with E-state index in [2.05, 4.69) is 18.3 Å². The van der Waals surface area contributed by atoms with Crippen molar-refractivity contribution in [1.29, 1.82) is 5.26 Å². The van der Waals surface area contributed by atoms with Crippen molar-refractivity contribution in [2.45, 2.75) is 25.0 Å². The van der Waals surface area contributed by atoms with Crippen molar-refractivity contribution >= 4 is 0 Å². The summed E-state index contributed by atoms with van der Waals surface area (Å²) in [6, 6.07) is 10.0. The summed E-state index contributed by atoms with van der Waals surface area (Å²) >= 11 is 0. The van der Waals surface area contributed by atoms with Gasteiger partial charge in [-0.2, -0.15) is 5.26 Å². The average molecular weight is 260 g/mol. The molecule has 1 aromatic carbocycles. The number of hydrogen-bond acceptors (Lipinski definition) is 4. The summed E-state index contributed by atoms with van der Waals surface area (Å²) in [4.78, 5) is 0. The Balaban J connectivity index is 1.93. The van der Waals surface area contributed by atoms with Gasteiger partial charge in [-0.15, -0.1) is 0 Å². The van der Waals surface area contributed by atoms with Gasteiger partial charge in [0.1, 0.15) is 5.60 Å². The molecular weight excluding hydrogens is 240 g/mol. The highest BCUT2D eigenvalue weighted by Crippen LogP contribution is 2.23. The Bertz CT molecular complexity index is 444. The molecule has 2 atom stereocenters. The molecule has 1 fully saturated rings. The van der Waals surface area contributed by atoms with Gasteiger partial charge in [0, 0.05) is 32.7 Å². The van der Waals surface area contributed by atoms with Crippen LogP contribution < -0.4 is 5.32 Å². The number of ether oxygens (including phenoxy) is 2. The quantitative estimate of drug-likeness (QED) is 0.880. The normalized spacial score (nSPS) is 24.1. The Hall–Kier alpha value is -1.41. The third-order valence-electron chi connectivity index (χ3n) is 3.77. The lowest BCUT2D eigenvalue weighted by molar-refractivity contribution is -0.0172. The summed E-state index contributed by atoms with van der Waals surface area (Å²) in [5, 5.41) is 12.3. The van der Waals surface area contributed by atoms with E-state index in [9.17, 15) is 0 Å². The molecule has 1 aliphatic heterocycles. The van der Waals surface area contributed by atoms with Crippen LogP contribution in [0, 0.1) is 11.3 Å². The van der Waals surface area contributed by atoms with Crippen LogP contribution in [0.3, 0.4) is 0 Å². The van der Waals surface area contributed by atoms with Crippen molar-refractivity contribution < 1.29 is 9.47 Å². The second-order valence-corrected chi connectivity index (χ2v) is 5.03. The predicted molar refractivity (Wildman–Crippen MR) is 72.8 cm³/mol. The van der Waals surface area contributed by atoms with Crippen LogP contribution in [0.15, 0.2) is 24.3 Å². The first-order valence-corrected chi connectivity index (χ1v) is 6.55. The van der Waals surface area contributed by atoms with E-state index in [-0.39, 0.29) is 11.6 Å². The van der Waals surface area contributed by atoms with E-state index in [0.29, 0.717) is 12.2 Å². The molecule has 0 radical (unpaired) electrons. The van der Waals surface area contributed by atoms with Crippen LogP contribution in [-0.4, -0.2) is 32.5 Å². The molecule has 1 saturated heterocycles. The van der Waals surface area contributed by atoms with Gasteiger partial charge in [0.15, 0.2) is 0 Å². The Morgan fingerprint density at radius 1 is 1.47 bits per heavy atom. The zero-order valence-electron chi connectivity index (χ0n) is 11.5. The number of hydrogen-bond donors (Lipinski definition) is 1. The van der Waals surface area contributed by atoms with Crippen LogP contribution in [0.2, 0.25) is 0 Å². The molecule has 4 heteroatoms. The Morgan fingerprint density at radius 3 is 2.74 bits per heavy atom. The molecule has 0 amide bonds. The van der Waals surface area contributed by atoms with Crippen LogP contribution in [0.5, 0.6) is 0 Å². The van der Waals surface area contributed by atoms with Gasteiger partial charge >= 0.3 is 0 Å². The molecule has 0 spiro atoms. The van der Waals surface area contributed by atoms with Crippen LogP contribution >= 0.6 is 0 Å². The van der Waals surface area contributed by atoms with Crippen molar-refractivity contribution in [1.82, 2.24) is 5.32 Å². The minimum Gasteiger partial charge on any atom is -0.378 e. The molecular formula is C15H20N2O2. The summed E-state index contributed by atoms with van der Waals surface area (Å²) in [7, 11) is 1.74. The Kier molecular flexibility index (Phi) is 4.54. The topological polar surface area (TPSA) is 54.3 Å². The highest BCUT2D eigenvalue weighted by Gasteiger charge is 2.34. The van der Waals surface area contributed by atoms with Gasteiger partial charge in [-0.1, -0.05) is 12.1 Å². The van der Waals surface area contributed by atoms with Gasteiger partial charge in [0.25, 0.3) is 0 Å². The van der Waals surface area contributed by atoms with Gasteiger partial charge in [-0.25, -0.2) is 0 Å². The molecule has 4 nitrogen and oxygen atoms in total. The van der Waals surface area contributed by atoms with Crippen molar-refractivity contribution in [3.8, 4) is 6.07 Å². The third-order valence-corrected chi connectivity index (χ3v) is 3.77. The van der Waals surface area contributed by atoms with E-state index in [1.165, 1.54) is 5.56 Å². The monoisotopic (exact) mass is 260 g/mol. The van der Waals surface area contributed by atoms with Crippen molar-refractivity contribution in [3.05, 3.63) is 35.4 Å². The molecule has 1 aliphatic rings. The number of nitrogens with zero attached hydrogens (tertiary/aromatic N) is 1. The lowest BCUT2D eigenvalue weighted by atomic mass is 10.0. The minimum absolute atomic E-state index is 0.194. The summed E-state index contributed by atoms with van der Waals surface area (Å²) in [6.07, 6.45) is 0.927. The highest BCUT2D eigenvalue weighted by atomic mass is 16.5. The van der Waals surface area contributed by atoms with E-state index >= 15 is 0 Å². The number of methoxy groups -OCH3 is 1. The highest BCUT2D eigenvalue weighted by molar-refractivity contribution is 5.32. The van der Waals surface area contributed by atoms with E-state index in [4.69, 9.17) is 14.7 Å². The maximum atomic E-state index is 8.78. The molecule has 102 valence electrons.